The molecule has 1 rings (SSSR count). The molecule has 0 heterocycles. The Kier molecular flexibility index (Phi) is 5.38. The lowest BCUT2D eigenvalue weighted by Gasteiger charge is -2.11. The number of hydrogen-bond acceptors (Lipinski definition) is 2. The van der Waals surface area contributed by atoms with Gasteiger partial charge in [0.25, 0.3) is 0 Å². The molecule has 0 fully saturated rings. The van der Waals surface area contributed by atoms with Crippen molar-refractivity contribution in [3.63, 3.8) is 0 Å². The maximum absolute atomic E-state index is 13.1. The Morgan fingerprint density at radius 2 is 2.24 bits per heavy atom. The fourth-order valence-electron chi connectivity index (χ4n) is 1.19. The van der Waals surface area contributed by atoms with Gasteiger partial charge in [-0.3, -0.25) is 4.79 Å². The van der Waals surface area contributed by atoms with Crippen LogP contribution in [0.2, 0.25) is 5.02 Å². The summed E-state index contributed by atoms with van der Waals surface area (Å²) in [5.74, 6) is -0.744. The molecule has 1 aromatic rings. The summed E-state index contributed by atoms with van der Waals surface area (Å²) in [7, 11) is 0. The molecule has 1 unspecified atom stereocenters. The normalized spacial score (nSPS) is 12.2. The lowest BCUT2D eigenvalue weighted by atomic mass is 10.2. The van der Waals surface area contributed by atoms with E-state index < -0.39 is 5.82 Å². The van der Waals surface area contributed by atoms with E-state index in [-0.39, 0.29) is 23.5 Å². The summed E-state index contributed by atoms with van der Waals surface area (Å²) >= 11 is 5.54. The molecule has 0 bridgehead atoms. The Bertz CT molecular complexity index is 398. The first-order valence-corrected chi connectivity index (χ1v) is 5.89. The third-order valence-corrected chi connectivity index (χ3v) is 2.73. The van der Waals surface area contributed by atoms with Gasteiger partial charge in [-0.25, -0.2) is 4.39 Å². The number of rotatable bonds is 5. The molecule has 0 aliphatic rings. The van der Waals surface area contributed by atoms with Crippen molar-refractivity contribution in [3.05, 3.63) is 29.0 Å². The zero-order valence-electron chi connectivity index (χ0n) is 9.89. The van der Waals surface area contributed by atoms with E-state index in [2.05, 4.69) is 10.6 Å². The minimum Gasteiger partial charge on any atom is -0.325 e. The molecule has 1 atom stereocenters. The molecular formula is C12H16ClFN2O. The van der Waals surface area contributed by atoms with E-state index in [1.807, 2.05) is 13.8 Å². The second kappa shape index (κ2) is 6.57. The van der Waals surface area contributed by atoms with E-state index in [9.17, 15) is 9.18 Å². The number of anilines is 1. The molecule has 0 saturated carbocycles. The van der Waals surface area contributed by atoms with Crippen molar-refractivity contribution in [2.45, 2.75) is 26.3 Å². The van der Waals surface area contributed by atoms with E-state index in [1.54, 1.807) is 6.07 Å². The van der Waals surface area contributed by atoms with Crippen LogP contribution < -0.4 is 10.6 Å². The van der Waals surface area contributed by atoms with Gasteiger partial charge in [0, 0.05) is 11.7 Å². The number of benzene rings is 1. The third kappa shape index (κ3) is 4.71. The Morgan fingerprint density at radius 3 is 2.82 bits per heavy atom. The third-order valence-electron chi connectivity index (χ3n) is 2.43. The van der Waals surface area contributed by atoms with Gasteiger partial charge in [-0.1, -0.05) is 18.5 Å². The molecule has 0 radical (unpaired) electrons. The monoisotopic (exact) mass is 258 g/mol. The predicted octanol–water partition coefficient (Wildman–Crippen LogP) is 2.81. The topological polar surface area (TPSA) is 41.1 Å². The number of nitrogens with one attached hydrogen (secondary N) is 2. The first kappa shape index (κ1) is 13.9. The first-order chi connectivity index (χ1) is 8.02. The molecule has 1 aromatic carbocycles. The Labute approximate surface area is 105 Å². The number of halogens is 2. The number of carbonyl (C=O) groups is 1. The lowest BCUT2D eigenvalue weighted by molar-refractivity contribution is -0.115. The van der Waals surface area contributed by atoms with Gasteiger partial charge in [-0.05, 0) is 31.5 Å². The summed E-state index contributed by atoms with van der Waals surface area (Å²) < 4.78 is 13.1. The summed E-state index contributed by atoms with van der Waals surface area (Å²) in [6.07, 6.45) is 0.947. The quantitative estimate of drug-likeness (QED) is 0.853. The Balaban J connectivity index is 2.48. The number of amides is 1. The summed E-state index contributed by atoms with van der Waals surface area (Å²) in [6.45, 7) is 4.23. The van der Waals surface area contributed by atoms with Gasteiger partial charge in [0.2, 0.25) is 5.91 Å². The van der Waals surface area contributed by atoms with Crippen molar-refractivity contribution >= 4 is 23.2 Å². The first-order valence-electron chi connectivity index (χ1n) is 5.51. The molecule has 17 heavy (non-hydrogen) atoms. The van der Waals surface area contributed by atoms with Crippen LogP contribution in [0.15, 0.2) is 18.2 Å². The van der Waals surface area contributed by atoms with Crippen molar-refractivity contribution in [1.82, 2.24) is 5.32 Å². The summed E-state index contributed by atoms with van der Waals surface area (Å²) in [4.78, 5) is 11.5. The number of carbonyl (C=O) groups excluding carboxylic acids is 1. The minimum absolute atomic E-state index is 0.0423. The van der Waals surface area contributed by atoms with E-state index in [0.29, 0.717) is 5.69 Å². The van der Waals surface area contributed by atoms with Crippen LogP contribution in [-0.2, 0) is 4.79 Å². The highest BCUT2D eigenvalue weighted by atomic mass is 35.5. The van der Waals surface area contributed by atoms with Gasteiger partial charge in [-0.2, -0.15) is 0 Å². The number of hydrogen-bond donors (Lipinski definition) is 2. The molecular weight excluding hydrogens is 243 g/mol. The molecule has 0 aliphatic carbocycles. The summed E-state index contributed by atoms with van der Waals surface area (Å²) in [5, 5.41) is 5.68. The van der Waals surface area contributed by atoms with Gasteiger partial charge >= 0.3 is 0 Å². The van der Waals surface area contributed by atoms with Gasteiger partial charge in [0.05, 0.1) is 11.6 Å². The Morgan fingerprint density at radius 1 is 1.53 bits per heavy atom. The van der Waals surface area contributed by atoms with Crippen molar-refractivity contribution in [3.8, 4) is 0 Å². The highest BCUT2D eigenvalue weighted by Crippen LogP contribution is 2.18. The molecule has 5 heteroatoms. The average Bonchev–Trinajstić information content (AvgIpc) is 2.31. The van der Waals surface area contributed by atoms with Crippen molar-refractivity contribution in [2.75, 3.05) is 11.9 Å². The van der Waals surface area contributed by atoms with Gasteiger partial charge < -0.3 is 10.6 Å². The second-order valence-corrected chi connectivity index (χ2v) is 4.27. The van der Waals surface area contributed by atoms with Crippen LogP contribution in [0.1, 0.15) is 20.3 Å². The van der Waals surface area contributed by atoms with Crippen molar-refractivity contribution in [2.24, 2.45) is 0 Å². The zero-order valence-corrected chi connectivity index (χ0v) is 10.6. The minimum atomic E-state index is -0.542. The molecule has 3 nitrogen and oxygen atoms in total. The molecule has 0 saturated heterocycles. The molecule has 0 spiro atoms. The Hall–Kier alpha value is -1.13. The largest absolute Gasteiger partial charge is 0.325 e. The van der Waals surface area contributed by atoms with Crippen LogP contribution in [0.5, 0.6) is 0 Å². The van der Waals surface area contributed by atoms with Gasteiger partial charge in [-0.15, -0.1) is 0 Å². The van der Waals surface area contributed by atoms with E-state index in [4.69, 9.17) is 11.6 Å². The fraction of sp³-hybridized carbons (Fsp3) is 0.417. The van der Waals surface area contributed by atoms with Gasteiger partial charge in [0.15, 0.2) is 0 Å². The van der Waals surface area contributed by atoms with E-state index >= 15 is 0 Å². The highest BCUT2D eigenvalue weighted by Gasteiger charge is 2.06. The lowest BCUT2D eigenvalue weighted by Crippen LogP contribution is -2.33. The molecule has 0 aliphatic heterocycles. The van der Waals surface area contributed by atoms with Crippen molar-refractivity contribution < 1.29 is 9.18 Å². The second-order valence-electron chi connectivity index (χ2n) is 3.87. The van der Waals surface area contributed by atoms with Crippen LogP contribution >= 0.6 is 11.6 Å². The summed E-state index contributed by atoms with van der Waals surface area (Å²) in [5.41, 5.74) is 0.405. The van der Waals surface area contributed by atoms with Crippen LogP contribution in [0.4, 0.5) is 10.1 Å². The molecule has 1 amide bonds. The van der Waals surface area contributed by atoms with Crippen LogP contribution in [-0.4, -0.2) is 18.5 Å². The fourth-order valence-corrected chi connectivity index (χ4v) is 1.31. The summed E-state index contributed by atoms with van der Waals surface area (Å²) in [6, 6.07) is 4.45. The van der Waals surface area contributed by atoms with Crippen LogP contribution in [0.25, 0.3) is 0 Å². The molecule has 2 N–H and O–H groups in total. The molecule has 94 valence electrons. The SMILES string of the molecule is CCC(C)NCC(=O)Nc1ccc(Cl)c(F)c1. The van der Waals surface area contributed by atoms with E-state index in [0.717, 1.165) is 6.42 Å². The maximum atomic E-state index is 13.1. The van der Waals surface area contributed by atoms with Gasteiger partial charge in [0.1, 0.15) is 5.82 Å². The van der Waals surface area contributed by atoms with Crippen LogP contribution in [0.3, 0.4) is 0 Å². The standard InChI is InChI=1S/C12H16ClFN2O/c1-3-8(2)15-7-12(17)16-9-4-5-10(13)11(14)6-9/h4-6,8,15H,3,7H2,1-2H3,(H,16,17). The van der Waals surface area contributed by atoms with E-state index in [1.165, 1.54) is 12.1 Å². The highest BCUT2D eigenvalue weighted by molar-refractivity contribution is 6.30. The smallest absolute Gasteiger partial charge is 0.238 e. The average molecular weight is 259 g/mol. The van der Waals surface area contributed by atoms with Crippen LogP contribution in [0, 0.1) is 5.82 Å². The maximum Gasteiger partial charge on any atom is 0.238 e. The van der Waals surface area contributed by atoms with Crippen molar-refractivity contribution in [1.29, 1.82) is 0 Å². The zero-order chi connectivity index (χ0) is 12.8. The molecule has 0 aromatic heterocycles. The predicted molar refractivity (Wildman–Crippen MR) is 67.8 cm³/mol.